The van der Waals surface area contributed by atoms with Crippen molar-refractivity contribution >= 4 is 5.91 Å². The summed E-state index contributed by atoms with van der Waals surface area (Å²) in [5, 5.41) is 2.43. The molecule has 0 fully saturated rings. The van der Waals surface area contributed by atoms with Crippen LogP contribution >= 0.6 is 0 Å². The Morgan fingerprint density at radius 2 is 1.90 bits per heavy atom. The van der Waals surface area contributed by atoms with Crippen LogP contribution in [0, 0.1) is 0 Å². The van der Waals surface area contributed by atoms with Gasteiger partial charge in [-0.25, -0.2) is 0 Å². The highest BCUT2D eigenvalue weighted by Gasteiger charge is 2.26. The smallest absolute Gasteiger partial charge is 0.355 e. The van der Waals surface area contributed by atoms with Crippen LogP contribution in [-0.2, 0) is 11.2 Å². The third-order valence-corrected chi connectivity index (χ3v) is 2.86. The number of carbonyl (C=O) groups is 1. The van der Waals surface area contributed by atoms with E-state index in [9.17, 15) is 18.0 Å². The number of rotatable bonds is 7. The summed E-state index contributed by atoms with van der Waals surface area (Å²) in [4.78, 5) is 11.6. The molecule has 1 rings (SSSR count). The van der Waals surface area contributed by atoms with E-state index >= 15 is 0 Å². The molecule has 0 aliphatic carbocycles. The number of aryl methyl sites for hydroxylation is 1. The molecule has 0 radical (unpaired) electrons. The van der Waals surface area contributed by atoms with Gasteiger partial charge < -0.3 is 11.1 Å². The van der Waals surface area contributed by atoms with Gasteiger partial charge in [0.25, 0.3) is 0 Å². The van der Waals surface area contributed by atoms with Crippen LogP contribution in [0.5, 0.6) is 0 Å². The minimum absolute atomic E-state index is 0.00260. The minimum atomic E-state index is -4.18. The predicted octanol–water partition coefficient (Wildman–Crippen LogP) is 2.41. The average molecular weight is 288 g/mol. The Hall–Kier alpha value is -1.56. The third kappa shape index (κ3) is 7.13. The monoisotopic (exact) mass is 288 g/mol. The van der Waals surface area contributed by atoms with Gasteiger partial charge in [0, 0.05) is 13.0 Å². The zero-order chi connectivity index (χ0) is 15.0. The van der Waals surface area contributed by atoms with Gasteiger partial charge in [-0.15, -0.1) is 0 Å². The Labute approximate surface area is 116 Å². The van der Waals surface area contributed by atoms with Crippen molar-refractivity contribution in [1.29, 1.82) is 0 Å². The zero-order valence-corrected chi connectivity index (χ0v) is 11.1. The number of halogens is 3. The van der Waals surface area contributed by atoms with Crippen LogP contribution in [0.4, 0.5) is 13.2 Å². The summed E-state index contributed by atoms with van der Waals surface area (Å²) in [5.41, 5.74) is 6.78. The lowest BCUT2D eigenvalue weighted by Gasteiger charge is -2.12. The minimum Gasteiger partial charge on any atom is -0.355 e. The lowest BCUT2D eigenvalue weighted by molar-refractivity contribution is -0.136. The standard InChI is InChI=1S/C14H19F3N2O/c15-14(16,17)9-4-10-19-13(20)12(18)8-7-11-5-2-1-3-6-11/h1-3,5-6,12H,4,7-10,18H2,(H,19,20)/t12-/m0/s1. The molecule has 0 aromatic heterocycles. The maximum absolute atomic E-state index is 11.9. The Morgan fingerprint density at radius 3 is 2.50 bits per heavy atom. The van der Waals surface area contributed by atoms with Gasteiger partial charge in [-0.05, 0) is 24.8 Å². The molecule has 6 heteroatoms. The zero-order valence-electron chi connectivity index (χ0n) is 11.1. The maximum Gasteiger partial charge on any atom is 0.389 e. The Bertz CT molecular complexity index is 407. The molecular formula is C14H19F3N2O. The largest absolute Gasteiger partial charge is 0.389 e. The molecule has 0 saturated heterocycles. The lowest BCUT2D eigenvalue weighted by atomic mass is 10.1. The second-order valence-electron chi connectivity index (χ2n) is 4.64. The molecule has 3 nitrogen and oxygen atoms in total. The summed E-state index contributed by atoms with van der Waals surface area (Å²) < 4.78 is 35.7. The average Bonchev–Trinajstić information content (AvgIpc) is 2.40. The van der Waals surface area contributed by atoms with E-state index < -0.39 is 24.5 Å². The number of nitrogens with one attached hydrogen (secondary N) is 1. The number of alkyl halides is 3. The molecule has 1 atom stereocenters. The number of nitrogens with two attached hydrogens (primary N) is 1. The third-order valence-electron chi connectivity index (χ3n) is 2.86. The number of amides is 1. The van der Waals surface area contributed by atoms with E-state index in [4.69, 9.17) is 5.73 Å². The van der Waals surface area contributed by atoms with E-state index in [2.05, 4.69) is 5.32 Å². The number of carbonyl (C=O) groups excluding carboxylic acids is 1. The van der Waals surface area contributed by atoms with E-state index in [1.54, 1.807) is 0 Å². The number of hydrogen-bond acceptors (Lipinski definition) is 2. The highest BCUT2D eigenvalue weighted by atomic mass is 19.4. The summed E-state index contributed by atoms with van der Waals surface area (Å²) >= 11 is 0. The van der Waals surface area contributed by atoms with Crippen LogP contribution in [0.15, 0.2) is 30.3 Å². The first-order valence-electron chi connectivity index (χ1n) is 6.52. The van der Waals surface area contributed by atoms with E-state index in [0.29, 0.717) is 12.8 Å². The van der Waals surface area contributed by atoms with Crippen molar-refractivity contribution in [3.8, 4) is 0 Å². The Balaban J connectivity index is 2.19. The molecule has 0 saturated carbocycles. The fourth-order valence-electron chi connectivity index (χ4n) is 1.73. The van der Waals surface area contributed by atoms with Crippen molar-refractivity contribution in [2.24, 2.45) is 5.73 Å². The van der Waals surface area contributed by atoms with Gasteiger partial charge in [-0.1, -0.05) is 30.3 Å². The quantitative estimate of drug-likeness (QED) is 0.757. The van der Waals surface area contributed by atoms with Crippen molar-refractivity contribution < 1.29 is 18.0 Å². The molecular weight excluding hydrogens is 269 g/mol. The first-order valence-corrected chi connectivity index (χ1v) is 6.52. The molecule has 0 heterocycles. The molecule has 0 bridgehead atoms. The molecule has 1 aromatic carbocycles. The fraction of sp³-hybridized carbons (Fsp3) is 0.500. The maximum atomic E-state index is 11.9. The van der Waals surface area contributed by atoms with Gasteiger partial charge in [-0.2, -0.15) is 13.2 Å². The highest BCUT2D eigenvalue weighted by molar-refractivity contribution is 5.81. The van der Waals surface area contributed by atoms with Gasteiger partial charge >= 0.3 is 6.18 Å². The van der Waals surface area contributed by atoms with Crippen LogP contribution in [0.25, 0.3) is 0 Å². The van der Waals surface area contributed by atoms with Crippen LogP contribution in [-0.4, -0.2) is 24.7 Å². The van der Waals surface area contributed by atoms with Crippen LogP contribution in [0.2, 0.25) is 0 Å². The van der Waals surface area contributed by atoms with Gasteiger partial charge in [-0.3, -0.25) is 4.79 Å². The van der Waals surface area contributed by atoms with Crippen molar-refractivity contribution in [1.82, 2.24) is 5.32 Å². The summed E-state index contributed by atoms with van der Waals surface area (Å²) in [7, 11) is 0. The fourth-order valence-corrected chi connectivity index (χ4v) is 1.73. The van der Waals surface area contributed by atoms with Crippen LogP contribution in [0.1, 0.15) is 24.8 Å². The summed E-state index contributed by atoms with van der Waals surface area (Å²) in [6, 6.07) is 8.88. The molecule has 112 valence electrons. The Morgan fingerprint density at radius 1 is 1.25 bits per heavy atom. The lowest BCUT2D eigenvalue weighted by Crippen LogP contribution is -2.41. The molecule has 1 amide bonds. The van der Waals surface area contributed by atoms with Crippen molar-refractivity contribution in [3.05, 3.63) is 35.9 Å². The first kappa shape index (κ1) is 16.5. The molecule has 3 N–H and O–H groups in total. The van der Waals surface area contributed by atoms with Gasteiger partial charge in [0.05, 0.1) is 6.04 Å². The first-order chi connectivity index (χ1) is 9.38. The summed E-state index contributed by atoms with van der Waals surface area (Å²) in [6.07, 6.45) is -4.07. The highest BCUT2D eigenvalue weighted by Crippen LogP contribution is 2.20. The van der Waals surface area contributed by atoms with E-state index in [0.717, 1.165) is 5.56 Å². The normalized spacial score (nSPS) is 13.0. The second-order valence-corrected chi connectivity index (χ2v) is 4.64. The van der Waals surface area contributed by atoms with Crippen molar-refractivity contribution in [2.45, 2.75) is 37.9 Å². The predicted molar refractivity (Wildman–Crippen MR) is 71.0 cm³/mol. The van der Waals surface area contributed by atoms with E-state index in [-0.39, 0.29) is 13.0 Å². The SMILES string of the molecule is N[C@@H](CCc1ccccc1)C(=O)NCCCC(F)(F)F. The second kappa shape index (κ2) is 7.89. The topological polar surface area (TPSA) is 55.1 Å². The molecule has 1 aromatic rings. The van der Waals surface area contributed by atoms with Gasteiger partial charge in [0.1, 0.15) is 0 Å². The Kier molecular flexibility index (Phi) is 6.51. The molecule has 0 aliphatic heterocycles. The molecule has 0 aliphatic rings. The van der Waals surface area contributed by atoms with Gasteiger partial charge in [0.15, 0.2) is 0 Å². The van der Waals surface area contributed by atoms with Crippen LogP contribution in [0.3, 0.4) is 0 Å². The summed E-state index contributed by atoms with van der Waals surface area (Å²) in [6.45, 7) is -0.00260. The van der Waals surface area contributed by atoms with Crippen LogP contribution < -0.4 is 11.1 Å². The number of benzene rings is 1. The van der Waals surface area contributed by atoms with E-state index in [1.807, 2.05) is 30.3 Å². The number of hydrogen-bond donors (Lipinski definition) is 2. The van der Waals surface area contributed by atoms with Gasteiger partial charge in [0.2, 0.25) is 5.91 Å². The molecule has 0 unspecified atom stereocenters. The summed E-state index contributed by atoms with van der Waals surface area (Å²) in [5.74, 6) is -0.400. The molecule has 20 heavy (non-hydrogen) atoms. The van der Waals surface area contributed by atoms with Crippen molar-refractivity contribution in [3.63, 3.8) is 0 Å². The van der Waals surface area contributed by atoms with E-state index in [1.165, 1.54) is 0 Å². The van der Waals surface area contributed by atoms with Crippen molar-refractivity contribution in [2.75, 3.05) is 6.54 Å². The molecule has 0 spiro atoms.